The molecule has 1 N–H and O–H groups in total. The molecule has 2 aromatic carbocycles. The van der Waals surface area contributed by atoms with E-state index in [4.69, 9.17) is 16.3 Å². The zero-order valence-electron chi connectivity index (χ0n) is 24.2. The SMILES string of the molecule is CC1(C)[C@H](Oc2ccc(C#N)c(Cl)c2)C(C)(C)[C@H]1N1Cc2cc(C(=O)N3CCN(CC4CNC4)CC3)ccc2C1=O. The molecule has 9 heteroatoms. The summed E-state index contributed by atoms with van der Waals surface area (Å²) in [5.74, 6) is 1.39. The van der Waals surface area contributed by atoms with Gasteiger partial charge in [-0.05, 0) is 41.8 Å². The summed E-state index contributed by atoms with van der Waals surface area (Å²) in [4.78, 5) is 33.4. The summed E-state index contributed by atoms with van der Waals surface area (Å²) in [6.07, 6.45) is -0.170. The smallest absolute Gasteiger partial charge is 0.254 e. The number of piperazine rings is 1. The molecule has 3 heterocycles. The van der Waals surface area contributed by atoms with Gasteiger partial charge in [0.25, 0.3) is 11.8 Å². The van der Waals surface area contributed by atoms with E-state index in [1.54, 1.807) is 18.2 Å². The standard InChI is InChI=1S/C32H38ClN5O3/c1-31(2)29(32(3,4)30(31)41-24-7-5-22(15-34)26(33)14-24)38-19-23-13-21(6-8-25(23)28(38)40)27(39)37-11-9-36(10-12-37)18-20-16-35-17-20/h5-8,13-14,20,29-30,35H,9-12,16-19H2,1-4H3/t29-,30-. The Labute approximate surface area is 247 Å². The molecule has 0 radical (unpaired) electrons. The van der Waals surface area contributed by atoms with Crippen LogP contribution >= 0.6 is 11.6 Å². The van der Waals surface area contributed by atoms with Crippen molar-refractivity contribution >= 4 is 23.4 Å². The van der Waals surface area contributed by atoms with Crippen LogP contribution in [-0.2, 0) is 6.54 Å². The molecule has 0 unspecified atom stereocenters. The third kappa shape index (κ3) is 4.78. The summed E-state index contributed by atoms with van der Waals surface area (Å²) >= 11 is 6.25. The molecule has 216 valence electrons. The van der Waals surface area contributed by atoms with Crippen molar-refractivity contribution in [1.82, 2.24) is 20.0 Å². The lowest BCUT2D eigenvalue weighted by Gasteiger charge is -2.65. The summed E-state index contributed by atoms with van der Waals surface area (Å²) in [7, 11) is 0. The molecule has 0 spiro atoms. The second-order valence-electron chi connectivity index (χ2n) is 13.2. The lowest BCUT2D eigenvalue weighted by molar-refractivity contribution is -0.199. The number of ether oxygens (including phenoxy) is 1. The molecule has 8 nitrogen and oxygen atoms in total. The Bertz CT molecular complexity index is 1400. The Hall–Kier alpha value is -3.12. The lowest BCUT2D eigenvalue weighted by Crippen LogP contribution is -2.74. The molecule has 2 aromatic rings. The zero-order valence-corrected chi connectivity index (χ0v) is 25.0. The van der Waals surface area contributed by atoms with Crippen LogP contribution in [0.2, 0.25) is 5.02 Å². The van der Waals surface area contributed by atoms with Gasteiger partial charge in [-0.25, -0.2) is 0 Å². The van der Waals surface area contributed by atoms with Gasteiger partial charge in [0.1, 0.15) is 17.9 Å². The van der Waals surface area contributed by atoms with E-state index < -0.39 is 0 Å². The predicted octanol–water partition coefficient (Wildman–Crippen LogP) is 4.03. The number of fused-ring (bicyclic) bond motifs is 1. The van der Waals surface area contributed by atoms with Gasteiger partial charge in [0.15, 0.2) is 0 Å². The molecule has 4 aliphatic rings. The minimum absolute atomic E-state index is 0.00381. The van der Waals surface area contributed by atoms with Crippen LogP contribution in [0, 0.1) is 28.1 Å². The van der Waals surface area contributed by atoms with Crippen LogP contribution in [0.15, 0.2) is 36.4 Å². The fraction of sp³-hybridized carbons (Fsp3) is 0.531. The first-order chi connectivity index (χ1) is 19.5. The number of benzene rings is 2. The minimum Gasteiger partial charge on any atom is -0.489 e. The van der Waals surface area contributed by atoms with Crippen molar-refractivity contribution < 1.29 is 14.3 Å². The van der Waals surface area contributed by atoms with Gasteiger partial charge in [-0.2, -0.15) is 5.26 Å². The molecule has 41 heavy (non-hydrogen) atoms. The number of nitrogens with one attached hydrogen (secondary N) is 1. The van der Waals surface area contributed by atoms with E-state index in [-0.39, 0.29) is 34.8 Å². The molecule has 2 amide bonds. The first-order valence-electron chi connectivity index (χ1n) is 14.5. The topological polar surface area (TPSA) is 88.9 Å². The molecule has 2 saturated heterocycles. The molecule has 3 aliphatic heterocycles. The maximum Gasteiger partial charge on any atom is 0.254 e. The normalized spacial score (nSPS) is 25.2. The number of hydrogen-bond donors (Lipinski definition) is 1. The fourth-order valence-corrected chi connectivity index (χ4v) is 8.07. The van der Waals surface area contributed by atoms with Crippen molar-refractivity contribution in [3.63, 3.8) is 0 Å². The van der Waals surface area contributed by atoms with Crippen molar-refractivity contribution in [2.75, 3.05) is 45.8 Å². The molecule has 0 aromatic heterocycles. The summed E-state index contributed by atoms with van der Waals surface area (Å²) in [6, 6.07) is 12.7. The van der Waals surface area contributed by atoms with Crippen LogP contribution < -0.4 is 10.1 Å². The van der Waals surface area contributed by atoms with Gasteiger partial charge in [-0.3, -0.25) is 14.5 Å². The summed E-state index contributed by atoms with van der Waals surface area (Å²) in [5.41, 5.74) is 1.97. The third-order valence-corrected chi connectivity index (χ3v) is 9.93. The molecule has 3 fully saturated rings. The van der Waals surface area contributed by atoms with E-state index in [0.29, 0.717) is 34.0 Å². The van der Waals surface area contributed by atoms with Gasteiger partial charge in [-0.15, -0.1) is 0 Å². The van der Waals surface area contributed by atoms with Crippen LogP contribution in [0.3, 0.4) is 0 Å². The van der Waals surface area contributed by atoms with E-state index >= 15 is 0 Å². The predicted molar refractivity (Wildman–Crippen MR) is 157 cm³/mol. The average Bonchev–Trinajstić information content (AvgIpc) is 3.23. The van der Waals surface area contributed by atoms with Crippen LogP contribution in [0.1, 0.15) is 59.5 Å². The molecule has 0 bridgehead atoms. The van der Waals surface area contributed by atoms with E-state index in [0.717, 1.165) is 57.3 Å². The highest BCUT2D eigenvalue weighted by Crippen LogP contribution is 2.59. The number of carbonyl (C=O) groups is 2. The Kier molecular flexibility index (Phi) is 7.04. The number of halogens is 1. The Morgan fingerprint density at radius 3 is 2.39 bits per heavy atom. The molecular weight excluding hydrogens is 538 g/mol. The van der Waals surface area contributed by atoms with Crippen molar-refractivity contribution in [1.29, 1.82) is 5.26 Å². The maximum absolute atomic E-state index is 13.7. The maximum atomic E-state index is 13.7. The highest BCUT2D eigenvalue weighted by Gasteiger charge is 2.67. The molecule has 6 rings (SSSR count). The largest absolute Gasteiger partial charge is 0.489 e. The molecule has 0 atom stereocenters. The number of amides is 2. The van der Waals surface area contributed by atoms with Crippen LogP contribution in [0.4, 0.5) is 0 Å². The minimum atomic E-state index is -0.338. The Balaban J connectivity index is 1.13. The van der Waals surface area contributed by atoms with E-state index in [9.17, 15) is 14.9 Å². The van der Waals surface area contributed by atoms with Crippen LogP contribution in [0.5, 0.6) is 5.75 Å². The first kappa shape index (κ1) is 28.0. The fourth-order valence-electron chi connectivity index (χ4n) is 7.85. The molecule has 1 aliphatic carbocycles. The van der Waals surface area contributed by atoms with Gasteiger partial charge in [0.2, 0.25) is 0 Å². The first-order valence-corrected chi connectivity index (χ1v) is 14.9. The number of nitriles is 1. The molecule has 1 saturated carbocycles. The van der Waals surface area contributed by atoms with Gasteiger partial charge < -0.3 is 19.9 Å². The van der Waals surface area contributed by atoms with E-state index in [1.807, 2.05) is 28.0 Å². The monoisotopic (exact) mass is 575 g/mol. The highest BCUT2D eigenvalue weighted by molar-refractivity contribution is 6.31. The van der Waals surface area contributed by atoms with Gasteiger partial charge in [0, 0.05) is 86.4 Å². The second kappa shape index (κ2) is 10.3. The number of rotatable bonds is 6. The quantitative estimate of drug-likeness (QED) is 0.559. The van der Waals surface area contributed by atoms with Crippen molar-refractivity contribution in [3.8, 4) is 11.8 Å². The number of hydrogen-bond acceptors (Lipinski definition) is 6. The third-order valence-electron chi connectivity index (χ3n) is 9.61. The van der Waals surface area contributed by atoms with Crippen LogP contribution in [-0.4, -0.2) is 84.5 Å². The average molecular weight is 576 g/mol. The van der Waals surface area contributed by atoms with E-state index in [2.05, 4.69) is 44.0 Å². The summed E-state index contributed by atoms with van der Waals surface area (Å²) in [5, 5.41) is 12.9. The summed E-state index contributed by atoms with van der Waals surface area (Å²) < 4.78 is 6.43. The Morgan fingerprint density at radius 2 is 1.78 bits per heavy atom. The highest BCUT2D eigenvalue weighted by atomic mass is 35.5. The van der Waals surface area contributed by atoms with Gasteiger partial charge in [-0.1, -0.05) is 39.3 Å². The summed E-state index contributed by atoms with van der Waals surface area (Å²) in [6.45, 7) is 15.6. The van der Waals surface area contributed by atoms with Crippen molar-refractivity contribution in [2.24, 2.45) is 16.7 Å². The van der Waals surface area contributed by atoms with Crippen molar-refractivity contribution in [3.05, 3.63) is 63.7 Å². The Morgan fingerprint density at radius 1 is 1.07 bits per heavy atom. The van der Waals surface area contributed by atoms with Crippen molar-refractivity contribution in [2.45, 2.75) is 46.4 Å². The zero-order chi connectivity index (χ0) is 29.1. The second-order valence-corrected chi connectivity index (χ2v) is 13.6. The lowest BCUT2D eigenvalue weighted by atomic mass is 9.49. The molecular formula is C32H38ClN5O3. The van der Waals surface area contributed by atoms with Gasteiger partial charge >= 0.3 is 0 Å². The van der Waals surface area contributed by atoms with Crippen LogP contribution in [0.25, 0.3) is 0 Å². The van der Waals surface area contributed by atoms with E-state index in [1.165, 1.54) is 0 Å². The number of nitrogens with zero attached hydrogens (tertiary/aromatic N) is 4. The van der Waals surface area contributed by atoms with Gasteiger partial charge in [0.05, 0.1) is 10.6 Å². The number of carbonyl (C=O) groups excluding carboxylic acids is 2.